The Balaban J connectivity index is 1.18. The van der Waals surface area contributed by atoms with Crippen LogP contribution >= 0.6 is 0 Å². The van der Waals surface area contributed by atoms with Crippen molar-refractivity contribution < 1.29 is 19.1 Å². The third-order valence-electron chi connectivity index (χ3n) is 8.96. The molecule has 5 aromatic rings. The number of fused-ring (bicyclic) bond motifs is 4. The number of ether oxygens (including phenoxy) is 2. The van der Waals surface area contributed by atoms with Crippen LogP contribution in [-0.2, 0) is 18.3 Å². The van der Waals surface area contributed by atoms with Crippen LogP contribution in [0.25, 0.3) is 33.3 Å². The first-order valence-corrected chi connectivity index (χ1v) is 14.9. The van der Waals surface area contributed by atoms with Crippen molar-refractivity contribution in [3.05, 3.63) is 77.5 Å². The van der Waals surface area contributed by atoms with E-state index in [-0.39, 0.29) is 23.6 Å². The number of carbonyl (C=O) groups is 2. The fourth-order valence-corrected chi connectivity index (χ4v) is 6.73. The maximum Gasteiger partial charge on any atom is 0.337 e. The highest BCUT2D eigenvalue weighted by Crippen LogP contribution is 2.40. The van der Waals surface area contributed by atoms with Crippen molar-refractivity contribution in [3.63, 3.8) is 0 Å². The van der Waals surface area contributed by atoms with E-state index in [0.717, 1.165) is 63.9 Å². The average Bonchev–Trinajstić information content (AvgIpc) is 3.71. The second-order valence-electron chi connectivity index (χ2n) is 11.6. The zero-order valence-electron chi connectivity index (χ0n) is 24.7. The highest BCUT2D eigenvalue weighted by molar-refractivity contribution is 6.06. The predicted octanol–water partition coefficient (Wildman–Crippen LogP) is 7.07. The van der Waals surface area contributed by atoms with Gasteiger partial charge in [-0.25, -0.2) is 9.78 Å². The van der Waals surface area contributed by atoms with E-state index in [4.69, 9.17) is 19.5 Å². The Labute approximate surface area is 250 Å². The number of imidazole rings is 1. The van der Waals surface area contributed by atoms with E-state index in [1.165, 1.54) is 7.11 Å². The molecule has 1 saturated carbocycles. The van der Waals surface area contributed by atoms with Crippen molar-refractivity contribution in [2.24, 2.45) is 23.9 Å². The van der Waals surface area contributed by atoms with Gasteiger partial charge in [0.2, 0.25) is 0 Å². The van der Waals surface area contributed by atoms with Gasteiger partial charge in [0.05, 0.1) is 36.0 Å². The molecule has 1 fully saturated rings. The van der Waals surface area contributed by atoms with Gasteiger partial charge in [-0.05, 0) is 62.1 Å². The molecule has 2 atom stereocenters. The van der Waals surface area contributed by atoms with Gasteiger partial charge < -0.3 is 18.6 Å². The first kappa shape index (κ1) is 27.1. The van der Waals surface area contributed by atoms with E-state index in [1.807, 2.05) is 56.6 Å². The number of carbonyl (C=O) groups excluding carboxylic acids is 2. The molecular weight excluding hydrogens is 540 g/mol. The fraction of sp³-hybridized carbons (Fsp3) is 0.314. The van der Waals surface area contributed by atoms with E-state index in [9.17, 15) is 9.59 Å². The number of hydrogen-bond donors (Lipinski definition) is 0. The van der Waals surface area contributed by atoms with E-state index >= 15 is 0 Å². The molecule has 8 heteroatoms. The van der Waals surface area contributed by atoms with Crippen LogP contribution in [0, 0.1) is 18.8 Å². The Bertz CT molecular complexity index is 1930. The third-order valence-corrected chi connectivity index (χ3v) is 8.96. The number of ketones is 1. The first-order valence-electron chi connectivity index (χ1n) is 14.9. The molecular formula is C35H34N4O4. The van der Waals surface area contributed by atoms with Gasteiger partial charge in [0, 0.05) is 65.9 Å². The summed E-state index contributed by atoms with van der Waals surface area (Å²) in [6.45, 7) is 3.08. The Morgan fingerprint density at radius 2 is 1.91 bits per heavy atom. The monoisotopic (exact) mass is 574 g/mol. The van der Waals surface area contributed by atoms with Crippen molar-refractivity contribution in [2.75, 3.05) is 13.7 Å². The average molecular weight is 575 g/mol. The molecule has 7 rings (SSSR count). The number of Topliss-reactive ketones (excluding diaryl/α,β-unsaturated/α-hetero) is 1. The van der Waals surface area contributed by atoms with Crippen LogP contribution < -0.4 is 4.74 Å². The fourth-order valence-electron chi connectivity index (χ4n) is 6.73. The topological polar surface area (TPSA) is 87.7 Å². The lowest BCUT2D eigenvalue weighted by Gasteiger charge is -2.15. The summed E-state index contributed by atoms with van der Waals surface area (Å²) in [6, 6.07) is 17.6. The molecule has 1 aliphatic carbocycles. The van der Waals surface area contributed by atoms with Crippen LogP contribution in [0.5, 0.6) is 5.75 Å². The maximum absolute atomic E-state index is 13.2. The zero-order chi connectivity index (χ0) is 29.7. The molecule has 0 N–H and O–H groups in total. The number of aryl methyl sites for hydroxylation is 3. The van der Waals surface area contributed by atoms with Crippen molar-refractivity contribution in [1.29, 1.82) is 0 Å². The van der Waals surface area contributed by atoms with Crippen LogP contribution in [-0.4, -0.2) is 45.8 Å². The van der Waals surface area contributed by atoms with E-state index in [2.05, 4.69) is 27.5 Å². The van der Waals surface area contributed by atoms with Crippen LogP contribution in [0.3, 0.4) is 0 Å². The lowest BCUT2D eigenvalue weighted by Crippen LogP contribution is -2.18. The summed E-state index contributed by atoms with van der Waals surface area (Å²) in [6.07, 6.45) is 7.84. The van der Waals surface area contributed by atoms with Crippen molar-refractivity contribution in [2.45, 2.75) is 39.2 Å². The lowest BCUT2D eigenvalue weighted by molar-refractivity contribution is 0.0600. The van der Waals surface area contributed by atoms with Gasteiger partial charge in [-0.1, -0.05) is 24.6 Å². The molecule has 2 aromatic heterocycles. The molecule has 1 aliphatic heterocycles. The normalized spacial score (nSPS) is 17.7. The molecule has 8 nitrogen and oxygen atoms in total. The molecule has 0 saturated heterocycles. The molecule has 3 heterocycles. The first-order chi connectivity index (χ1) is 20.9. The smallest absolute Gasteiger partial charge is 0.337 e. The van der Waals surface area contributed by atoms with Gasteiger partial charge in [-0.2, -0.15) is 0 Å². The molecule has 0 radical (unpaired) electrons. The van der Waals surface area contributed by atoms with Gasteiger partial charge in [0.25, 0.3) is 0 Å². The minimum atomic E-state index is -0.381. The Morgan fingerprint density at radius 3 is 2.77 bits per heavy atom. The largest absolute Gasteiger partial charge is 0.493 e. The Kier molecular flexibility index (Phi) is 6.84. The highest BCUT2D eigenvalue weighted by atomic mass is 16.5. The third kappa shape index (κ3) is 4.71. The van der Waals surface area contributed by atoms with Crippen molar-refractivity contribution in [3.8, 4) is 17.1 Å². The molecule has 2 aliphatic rings. The second-order valence-corrected chi connectivity index (χ2v) is 11.6. The van der Waals surface area contributed by atoms with Gasteiger partial charge in [0.1, 0.15) is 11.6 Å². The molecule has 0 spiro atoms. The number of para-hydroxylation sites is 1. The van der Waals surface area contributed by atoms with Crippen molar-refractivity contribution in [1.82, 2.24) is 14.1 Å². The quantitative estimate of drug-likeness (QED) is 0.153. The van der Waals surface area contributed by atoms with E-state index in [1.54, 1.807) is 6.07 Å². The molecule has 218 valence electrons. The van der Waals surface area contributed by atoms with Gasteiger partial charge in [-0.3, -0.25) is 9.79 Å². The standard InChI is InChI=1S/C35H34N4O4/c1-21-16-26-29(36-19-23-8-6-10-24(23)33(26)40)18-32(21)43-15-7-14-39-31-17-22(35(41)42-3)12-13-28(31)37-34(39)27-20-38(2)30-11-5-4-9-25(27)30/h4-5,9,11-13,16-20,23-24H,6-8,10,14-15H2,1-3H3/t23-,24?/m0/s1. The van der Waals surface area contributed by atoms with Crippen LogP contribution in [0.15, 0.2) is 65.8 Å². The number of methoxy groups -OCH3 is 1. The second kappa shape index (κ2) is 10.8. The van der Waals surface area contributed by atoms with Crippen molar-refractivity contribution >= 4 is 45.6 Å². The SMILES string of the molecule is COC(=O)c1ccc2nc(-c3cn(C)c4ccccc34)n(CCCOc3cc4c(cc3C)C(=O)C3CCC[C@H]3C=N4)c2c1. The summed E-state index contributed by atoms with van der Waals surface area (Å²) in [7, 11) is 3.43. The number of aromatic nitrogens is 3. The van der Waals surface area contributed by atoms with Gasteiger partial charge >= 0.3 is 5.97 Å². The number of rotatable bonds is 7. The Morgan fingerprint density at radius 1 is 1.05 bits per heavy atom. The summed E-state index contributed by atoms with van der Waals surface area (Å²) in [5.41, 5.74) is 6.66. The van der Waals surface area contributed by atoms with Crippen LogP contribution in [0.1, 0.15) is 52.0 Å². The number of benzene rings is 3. The summed E-state index contributed by atoms with van der Waals surface area (Å²) < 4.78 is 15.5. The zero-order valence-corrected chi connectivity index (χ0v) is 24.7. The number of hydrogen-bond acceptors (Lipinski definition) is 6. The Hall–Kier alpha value is -4.72. The predicted molar refractivity (Wildman–Crippen MR) is 168 cm³/mol. The molecule has 0 bridgehead atoms. The maximum atomic E-state index is 13.2. The van der Waals surface area contributed by atoms with Gasteiger partial charge in [-0.15, -0.1) is 0 Å². The molecule has 1 unspecified atom stereocenters. The molecule has 0 amide bonds. The summed E-state index contributed by atoms with van der Waals surface area (Å²) in [5, 5.41) is 1.12. The number of aliphatic imine (C=N–C) groups is 1. The molecule has 43 heavy (non-hydrogen) atoms. The minimum Gasteiger partial charge on any atom is -0.493 e. The van der Waals surface area contributed by atoms with Crippen LogP contribution in [0.2, 0.25) is 0 Å². The van der Waals surface area contributed by atoms with E-state index < -0.39 is 0 Å². The number of esters is 1. The number of nitrogens with zero attached hydrogens (tertiary/aromatic N) is 4. The summed E-state index contributed by atoms with van der Waals surface area (Å²) >= 11 is 0. The summed E-state index contributed by atoms with van der Waals surface area (Å²) in [5.74, 6) is 1.71. The van der Waals surface area contributed by atoms with E-state index in [0.29, 0.717) is 36.4 Å². The van der Waals surface area contributed by atoms with Gasteiger partial charge in [0.15, 0.2) is 5.78 Å². The molecule has 3 aromatic carbocycles. The minimum absolute atomic E-state index is 0.0526. The highest BCUT2D eigenvalue weighted by Gasteiger charge is 2.35. The van der Waals surface area contributed by atoms with Crippen LogP contribution in [0.4, 0.5) is 5.69 Å². The summed E-state index contributed by atoms with van der Waals surface area (Å²) in [4.78, 5) is 35.3. The lowest BCUT2D eigenvalue weighted by atomic mass is 9.89.